The maximum Gasteiger partial charge on any atom is 0.307 e. The van der Waals surface area contributed by atoms with Crippen molar-refractivity contribution < 1.29 is 13.6 Å². The van der Waals surface area contributed by atoms with Gasteiger partial charge in [-0.3, -0.25) is 9.48 Å². The van der Waals surface area contributed by atoms with E-state index >= 15 is 0 Å². The highest BCUT2D eigenvalue weighted by Crippen LogP contribution is 2.26. The molecule has 1 aromatic carbocycles. The third-order valence-corrected chi connectivity index (χ3v) is 5.20. The van der Waals surface area contributed by atoms with Crippen LogP contribution in [0.25, 0.3) is 11.4 Å². The highest BCUT2D eigenvalue weighted by molar-refractivity contribution is 6.30. The number of rotatable bonds is 6. The van der Waals surface area contributed by atoms with E-state index in [1.807, 2.05) is 6.92 Å². The lowest BCUT2D eigenvalue weighted by atomic mass is 9.94. The van der Waals surface area contributed by atoms with Crippen molar-refractivity contribution in [1.29, 1.82) is 0 Å². The minimum absolute atomic E-state index is 0.153. The van der Waals surface area contributed by atoms with Crippen LogP contribution in [0.5, 0.6) is 0 Å². The van der Waals surface area contributed by atoms with E-state index in [9.17, 15) is 9.18 Å². The monoisotopic (exact) mass is 469 g/mol. The van der Waals surface area contributed by atoms with E-state index in [4.69, 9.17) is 16.0 Å². The molecule has 0 aliphatic carbocycles. The Bertz CT molecular complexity index is 1310. The van der Waals surface area contributed by atoms with Gasteiger partial charge in [-0.2, -0.15) is 5.10 Å². The first kappa shape index (κ1) is 22.4. The maximum atomic E-state index is 13.8. The summed E-state index contributed by atoms with van der Waals surface area (Å²) in [4.78, 5) is 25.9. The second-order valence-corrected chi connectivity index (χ2v) is 8.40. The number of anilines is 2. The first-order chi connectivity index (χ1) is 15.6. The van der Waals surface area contributed by atoms with E-state index in [1.54, 1.807) is 50.1 Å². The molecule has 0 radical (unpaired) electrons. The number of oxazole rings is 1. The molecule has 33 heavy (non-hydrogen) atoms. The molecule has 3 aromatic heterocycles. The quantitative estimate of drug-likeness (QED) is 0.431. The van der Waals surface area contributed by atoms with Crippen molar-refractivity contribution in [2.45, 2.75) is 26.3 Å². The Balaban J connectivity index is 1.55. The number of carbonyl (C=O) groups is 1. The number of nitrogens with zero attached hydrogens (tertiary/aromatic N) is 5. The van der Waals surface area contributed by atoms with Gasteiger partial charge in [0.1, 0.15) is 29.3 Å². The number of hydrogen-bond donors (Lipinski definition) is 2. The minimum Gasteiger partial charge on any atom is -0.440 e. The summed E-state index contributed by atoms with van der Waals surface area (Å²) in [5.74, 6) is -0.152. The summed E-state index contributed by atoms with van der Waals surface area (Å²) in [7, 11) is 1.79. The fraction of sp³-hybridized carbons (Fsp3) is 0.227. The summed E-state index contributed by atoms with van der Waals surface area (Å²) >= 11 is 5.96. The Morgan fingerprint density at radius 1 is 1.24 bits per heavy atom. The predicted molar refractivity (Wildman–Crippen MR) is 121 cm³/mol. The Morgan fingerprint density at radius 3 is 2.73 bits per heavy atom. The zero-order chi connectivity index (χ0) is 23.8. The second-order valence-electron chi connectivity index (χ2n) is 7.97. The van der Waals surface area contributed by atoms with Crippen LogP contribution >= 0.6 is 11.6 Å². The first-order valence-electron chi connectivity index (χ1n) is 9.96. The molecule has 4 aromatic rings. The van der Waals surface area contributed by atoms with Crippen molar-refractivity contribution in [1.82, 2.24) is 30.0 Å². The zero-order valence-corrected chi connectivity index (χ0v) is 19.1. The molecule has 0 atom stereocenters. The lowest BCUT2D eigenvalue weighted by Gasteiger charge is -2.26. The molecule has 2 N–H and O–H groups in total. The van der Waals surface area contributed by atoms with Gasteiger partial charge in [0, 0.05) is 24.3 Å². The fourth-order valence-electron chi connectivity index (χ4n) is 3.18. The molecule has 0 saturated carbocycles. The summed E-state index contributed by atoms with van der Waals surface area (Å²) in [6.45, 7) is 5.28. The molecule has 0 bridgehead atoms. The Hall–Kier alpha value is -3.79. The van der Waals surface area contributed by atoms with Crippen molar-refractivity contribution in [2.24, 2.45) is 7.05 Å². The summed E-state index contributed by atoms with van der Waals surface area (Å²) in [5, 5.41) is 10.2. The molecular formula is C22H21ClFN7O2. The number of benzene rings is 1. The highest BCUT2D eigenvalue weighted by atomic mass is 35.5. The number of hydrogen-bond acceptors (Lipinski definition) is 7. The van der Waals surface area contributed by atoms with E-state index in [0.717, 1.165) is 5.56 Å². The molecule has 11 heteroatoms. The van der Waals surface area contributed by atoms with Gasteiger partial charge in [0.15, 0.2) is 0 Å². The summed E-state index contributed by atoms with van der Waals surface area (Å²) in [6.07, 6.45) is 4.65. The summed E-state index contributed by atoms with van der Waals surface area (Å²) in [6, 6.07) is 5.89. The molecular weight excluding hydrogens is 449 g/mol. The van der Waals surface area contributed by atoms with Crippen LogP contribution in [-0.2, 0) is 12.6 Å². The topological polar surface area (TPSA) is 111 Å². The molecule has 170 valence electrons. The van der Waals surface area contributed by atoms with E-state index < -0.39 is 17.3 Å². The van der Waals surface area contributed by atoms with Crippen molar-refractivity contribution in [3.8, 4) is 11.4 Å². The number of carbonyl (C=O) groups excluding carboxylic acids is 1. The lowest BCUT2D eigenvalue weighted by molar-refractivity contribution is 0.0876. The Labute approximate surface area is 194 Å². The smallest absolute Gasteiger partial charge is 0.307 e. The molecule has 0 unspecified atom stereocenters. The number of amides is 1. The Kier molecular flexibility index (Phi) is 5.86. The van der Waals surface area contributed by atoms with Crippen molar-refractivity contribution in [3.63, 3.8) is 0 Å². The summed E-state index contributed by atoms with van der Waals surface area (Å²) in [5.41, 5.74) is 1.21. The SMILES string of the molecule is Cc1cnc(Nc2ccnn2C)nc1-c1coc(C(=O)NC(C)(C)c2cc(F)cc(Cl)c2)n1. The van der Waals surface area contributed by atoms with Gasteiger partial charge >= 0.3 is 5.91 Å². The number of halogens is 2. The molecule has 4 rings (SSSR count). The van der Waals surface area contributed by atoms with Gasteiger partial charge in [0.25, 0.3) is 5.89 Å². The van der Waals surface area contributed by atoms with Crippen molar-refractivity contribution in [3.05, 3.63) is 70.8 Å². The van der Waals surface area contributed by atoms with Crippen LogP contribution in [0.1, 0.15) is 35.7 Å². The molecule has 3 heterocycles. The highest BCUT2D eigenvalue weighted by Gasteiger charge is 2.27. The molecule has 0 aliphatic rings. The largest absolute Gasteiger partial charge is 0.440 e. The average Bonchev–Trinajstić information content (AvgIpc) is 3.38. The Morgan fingerprint density at radius 2 is 2.03 bits per heavy atom. The standard InChI is InChI=1S/C22H21ClFN7O2/c1-12-10-25-21(28-17-5-6-26-31(17)4)29-18(12)16-11-33-20(27-16)19(32)30-22(2,3)13-7-14(23)9-15(24)8-13/h5-11H,1-4H3,(H,30,32)(H,25,28,29). The van der Waals surface area contributed by atoms with E-state index in [-0.39, 0.29) is 10.9 Å². The van der Waals surface area contributed by atoms with Crippen LogP contribution < -0.4 is 10.6 Å². The molecule has 0 aliphatic heterocycles. The van der Waals surface area contributed by atoms with E-state index in [2.05, 4.69) is 30.7 Å². The number of aryl methyl sites for hydroxylation is 2. The van der Waals surface area contributed by atoms with Crippen LogP contribution in [0, 0.1) is 12.7 Å². The maximum absolute atomic E-state index is 13.8. The normalized spacial score (nSPS) is 11.5. The third-order valence-electron chi connectivity index (χ3n) is 4.98. The van der Waals surface area contributed by atoms with Gasteiger partial charge in [-0.15, -0.1) is 0 Å². The number of nitrogens with one attached hydrogen (secondary N) is 2. The molecule has 9 nitrogen and oxygen atoms in total. The van der Waals surface area contributed by atoms with Crippen LogP contribution in [0.15, 0.2) is 47.3 Å². The van der Waals surface area contributed by atoms with Crippen molar-refractivity contribution in [2.75, 3.05) is 5.32 Å². The molecule has 0 fully saturated rings. The van der Waals surface area contributed by atoms with Gasteiger partial charge < -0.3 is 15.1 Å². The van der Waals surface area contributed by atoms with E-state index in [0.29, 0.717) is 28.7 Å². The van der Waals surface area contributed by atoms with Crippen LogP contribution in [0.3, 0.4) is 0 Å². The zero-order valence-electron chi connectivity index (χ0n) is 18.3. The summed E-state index contributed by atoms with van der Waals surface area (Å²) < 4.78 is 20.8. The predicted octanol–water partition coefficient (Wildman–Crippen LogP) is 4.37. The molecule has 0 saturated heterocycles. The van der Waals surface area contributed by atoms with Crippen LogP contribution in [-0.4, -0.2) is 30.6 Å². The van der Waals surface area contributed by atoms with Crippen LogP contribution in [0.4, 0.5) is 16.2 Å². The third kappa shape index (κ3) is 4.85. The number of aromatic nitrogens is 5. The van der Waals surface area contributed by atoms with Gasteiger partial charge in [-0.25, -0.2) is 19.3 Å². The molecule has 1 amide bonds. The van der Waals surface area contributed by atoms with Crippen molar-refractivity contribution >= 4 is 29.3 Å². The van der Waals surface area contributed by atoms with Gasteiger partial charge in [-0.05, 0) is 50.1 Å². The fourth-order valence-corrected chi connectivity index (χ4v) is 3.41. The average molecular weight is 470 g/mol. The van der Waals surface area contributed by atoms with E-state index in [1.165, 1.54) is 18.4 Å². The first-order valence-corrected chi connectivity index (χ1v) is 10.3. The molecule has 0 spiro atoms. The van der Waals surface area contributed by atoms with Crippen LogP contribution in [0.2, 0.25) is 5.02 Å². The second kappa shape index (κ2) is 8.62. The van der Waals surface area contributed by atoms with Gasteiger partial charge in [0.05, 0.1) is 11.7 Å². The minimum atomic E-state index is -0.928. The lowest BCUT2D eigenvalue weighted by Crippen LogP contribution is -2.41. The van der Waals surface area contributed by atoms with Gasteiger partial charge in [-0.1, -0.05) is 11.6 Å². The van der Waals surface area contributed by atoms with Gasteiger partial charge in [0.2, 0.25) is 5.95 Å².